The molecule has 1 aliphatic heterocycles. The van der Waals surface area contributed by atoms with Gasteiger partial charge >= 0.3 is 0 Å². The number of hydrogen-bond acceptors (Lipinski definition) is 2. The molecular formula is C38H38F6O2. The van der Waals surface area contributed by atoms with Crippen LogP contribution in [-0.4, -0.2) is 19.3 Å². The van der Waals surface area contributed by atoms with Gasteiger partial charge in [-0.1, -0.05) is 54.6 Å². The van der Waals surface area contributed by atoms with Gasteiger partial charge in [0.1, 0.15) is 6.10 Å². The summed E-state index contributed by atoms with van der Waals surface area (Å²) < 4.78 is 100. The molecule has 2 atom stereocenters. The molecule has 2 aliphatic carbocycles. The fourth-order valence-electron chi connectivity index (χ4n) is 6.89. The quantitative estimate of drug-likeness (QED) is 0.125. The third-order valence-corrected chi connectivity index (χ3v) is 9.74. The van der Waals surface area contributed by atoms with Crippen molar-refractivity contribution in [1.29, 1.82) is 0 Å². The maximum atomic E-state index is 15.3. The van der Waals surface area contributed by atoms with Crippen molar-refractivity contribution < 1.29 is 35.8 Å². The van der Waals surface area contributed by atoms with Crippen molar-refractivity contribution in [2.24, 2.45) is 5.92 Å². The van der Waals surface area contributed by atoms with Gasteiger partial charge in [0, 0.05) is 28.9 Å². The van der Waals surface area contributed by atoms with Gasteiger partial charge in [0.25, 0.3) is 0 Å². The highest BCUT2D eigenvalue weighted by Gasteiger charge is 2.32. The second kappa shape index (κ2) is 14.2. The highest BCUT2D eigenvalue weighted by molar-refractivity contribution is 5.68. The second-order valence-electron chi connectivity index (χ2n) is 12.7. The van der Waals surface area contributed by atoms with Crippen LogP contribution in [0.1, 0.15) is 92.6 Å². The van der Waals surface area contributed by atoms with E-state index >= 15 is 8.78 Å². The zero-order chi connectivity index (χ0) is 32.4. The Kier molecular flexibility index (Phi) is 10.0. The summed E-state index contributed by atoms with van der Waals surface area (Å²) in [6.45, 7) is 2.75. The van der Waals surface area contributed by atoms with E-state index in [0.717, 1.165) is 18.4 Å². The van der Waals surface area contributed by atoms with Crippen LogP contribution in [0.5, 0.6) is 0 Å². The third kappa shape index (κ3) is 6.84. The van der Waals surface area contributed by atoms with Crippen molar-refractivity contribution in [2.75, 3.05) is 13.2 Å². The van der Waals surface area contributed by atoms with E-state index in [2.05, 4.69) is 0 Å². The minimum absolute atomic E-state index is 0.00957. The van der Waals surface area contributed by atoms with Crippen molar-refractivity contribution in [3.63, 3.8) is 0 Å². The van der Waals surface area contributed by atoms with E-state index in [1.165, 1.54) is 24.3 Å². The Hall–Kier alpha value is -3.36. The number of benzene rings is 3. The van der Waals surface area contributed by atoms with Crippen molar-refractivity contribution in [3.8, 4) is 11.1 Å². The number of rotatable bonds is 10. The molecule has 3 aliphatic rings. The normalized spacial score (nSPS) is 23.2. The minimum atomic E-state index is -1.21. The maximum Gasteiger partial charge on any atom is 0.167 e. The van der Waals surface area contributed by atoms with Crippen molar-refractivity contribution >= 4 is 5.57 Å². The van der Waals surface area contributed by atoms with E-state index in [9.17, 15) is 17.6 Å². The van der Waals surface area contributed by atoms with Crippen LogP contribution >= 0.6 is 0 Å². The zero-order valence-corrected chi connectivity index (χ0v) is 25.9. The molecule has 244 valence electrons. The molecule has 0 spiro atoms. The molecule has 3 aromatic rings. The van der Waals surface area contributed by atoms with Gasteiger partial charge < -0.3 is 9.47 Å². The van der Waals surface area contributed by atoms with E-state index in [1.54, 1.807) is 12.1 Å². The molecule has 0 radical (unpaired) electrons. The third-order valence-electron chi connectivity index (χ3n) is 9.74. The highest BCUT2D eigenvalue weighted by Crippen LogP contribution is 2.41. The van der Waals surface area contributed by atoms with Gasteiger partial charge in [-0.3, -0.25) is 0 Å². The fourth-order valence-corrected chi connectivity index (χ4v) is 6.89. The molecule has 6 rings (SSSR count). The second-order valence-corrected chi connectivity index (χ2v) is 12.7. The van der Waals surface area contributed by atoms with E-state index in [-0.39, 0.29) is 40.2 Å². The first-order chi connectivity index (χ1) is 22.3. The lowest BCUT2D eigenvalue weighted by Gasteiger charge is -2.31. The van der Waals surface area contributed by atoms with E-state index in [0.29, 0.717) is 69.3 Å². The molecule has 1 heterocycles. The number of ether oxygens (including phenoxy) is 2. The lowest BCUT2D eigenvalue weighted by atomic mass is 9.78. The van der Waals surface area contributed by atoms with Gasteiger partial charge in [-0.15, -0.1) is 0 Å². The first-order valence-corrected chi connectivity index (χ1v) is 16.2. The van der Waals surface area contributed by atoms with E-state index in [4.69, 9.17) is 9.47 Å². The lowest BCUT2D eigenvalue weighted by Crippen LogP contribution is -2.23. The summed E-state index contributed by atoms with van der Waals surface area (Å²) in [4.78, 5) is 0. The monoisotopic (exact) mass is 640 g/mol. The van der Waals surface area contributed by atoms with E-state index in [1.807, 2.05) is 25.2 Å². The number of hydrogen-bond donors (Lipinski definition) is 0. The maximum absolute atomic E-state index is 15.3. The van der Waals surface area contributed by atoms with Crippen LogP contribution in [0.15, 0.2) is 54.6 Å². The molecule has 1 saturated carbocycles. The fraction of sp³-hybridized carbons (Fsp3) is 0.421. The summed E-state index contributed by atoms with van der Waals surface area (Å²) in [6, 6.07) is 8.80. The van der Waals surface area contributed by atoms with Gasteiger partial charge in [0.05, 0.1) is 12.7 Å². The number of aryl methyl sites for hydroxylation is 1. The van der Waals surface area contributed by atoms with Crippen LogP contribution < -0.4 is 0 Å². The molecule has 2 unspecified atom stereocenters. The van der Waals surface area contributed by atoms with Crippen LogP contribution in [0, 0.1) is 40.8 Å². The summed E-state index contributed by atoms with van der Waals surface area (Å²) in [5.41, 5.74) is 1.21. The Balaban J connectivity index is 1.01. The molecule has 2 fully saturated rings. The Bertz CT molecular complexity index is 1630. The van der Waals surface area contributed by atoms with Gasteiger partial charge in [-0.25, -0.2) is 26.3 Å². The predicted molar refractivity (Wildman–Crippen MR) is 166 cm³/mol. The molecule has 3 aromatic carbocycles. The summed E-state index contributed by atoms with van der Waals surface area (Å²) in [5.74, 6) is -5.96. The standard InChI is InChI=1S/C38H38F6O2/c1-2-3-4-5-25-12-15-27(34(40)33(25)39)24-10-13-26(14-11-24)45-20-22-6-8-23(9-7-22)28-16-17-29(36(42)35(28)41)30-18-19-31(32-21-46-32)38(44)37(30)43/h2-3,10,12,15-19,22-23,26,32H,4-9,11,13-14,20-21H2,1H3/b3-2+. The largest absolute Gasteiger partial charge is 0.378 e. The highest BCUT2D eigenvalue weighted by atomic mass is 19.2. The van der Waals surface area contributed by atoms with Crippen LogP contribution in [0.25, 0.3) is 16.7 Å². The predicted octanol–water partition coefficient (Wildman–Crippen LogP) is 10.7. The summed E-state index contributed by atoms with van der Waals surface area (Å²) in [5, 5.41) is 0. The van der Waals surface area contributed by atoms with Gasteiger partial charge in [-0.2, -0.15) is 0 Å². The van der Waals surface area contributed by atoms with Crippen LogP contribution in [0.2, 0.25) is 0 Å². The minimum Gasteiger partial charge on any atom is -0.378 e. The lowest BCUT2D eigenvalue weighted by molar-refractivity contribution is 0.0157. The molecule has 0 bridgehead atoms. The summed E-state index contributed by atoms with van der Waals surface area (Å²) >= 11 is 0. The Morgan fingerprint density at radius 1 is 0.739 bits per heavy atom. The Labute approximate surface area is 266 Å². The van der Waals surface area contributed by atoms with Gasteiger partial charge in [0.15, 0.2) is 34.9 Å². The molecule has 0 amide bonds. The smallest absolute Gasteiger partial charge is 0.167 e. The van der Waals surface area contributed by atoms with Gasteiger partial charge in [0.2, 0.25) is 0 Å². The number of epoxide rings is 1. The molecule has 0 N–H and O–H groups in total. The van der Waals surface area contributed by atoms with Gasteiger partial charge in [-0.05, 0) is 93.2 Å². The molecule has 2 nitrogen and oxygen atoms in total. The van der Waals surface area contributed by atoms with Crippen molar-refractivity contribution in [2.45, 2.75) is 82.8 Å². The summed E-state index contributed by atoms with van der Waals surface area (Å²) in [6.07, 6.45) is 11.2. The molecular weight excluding hydrogens is 602 g/mol. The average molecular weight is 641 g/mol. The zero-order valence-electron chi connectivity index (χ0n) is 25.9. The topological polar surface area (TPSA) is 21.8 Å². The summed E-state index contributed by atoms with van der Waals surface area (Å²) in [7, 11) is 0. The number of halogens is 6. The molecule has 46 heavy (non-hydrogen) atoms. The van der Waals surface area contributed by atoms with Crippen LogP contribution in [-0.2, 0) is 15.9 Å². The molecule has 8 heteroatoms. The van der Waals surface area contributed by atoms with Crippen LogP contribution in [0.4, 0.5) is 26.3 Å². The SMILES string of the molecule is C/C=C/CCc1ccc(C2=CCC(OCC3CCC(c4ccc(-c5ccc(C6CO6)c(F)c5F)c(F)c4F)CC3)CC2)c(F)c1F. The first-order valence-electron chi connectivity index (χ1n) is 16.2. The molecule has 1 saturated heterocycles. The Morgan fingerprint density at radius 2 is 1.37 bits per heavy atom. The first kappa shape index (κ1) is 32.6. The van der Waals surface area contributed by atoms with E-state index < -0.39 is 41.0 Å². The molecule has 0 aromatic heterocycles. The number of allylic oxidation sites excluding steroid dienone is 3. The van der Waals surface area contributed by atoms with Crippen molar-refractivity contribution in [3.05, 3.63) is 112 Å². The van der Waals surface area contributed by atoms with Crippen molar-refractivity contribution in [1.82, 2.24) is 0 Å². The Morgan fingerprint density at radius 3 is 2.00 bits per heavy atom. The van der Waals surface area contributed by atoms with Crippen LogP contribution in [0.3, 0.4) is 0 Å². The average Bonchev–Trinajstić information content (AvgIpc) is 3.91.